The van der Waals surface area contributed by atoms with Gasteiger partial charge in [-0.25, -0.2) is 14.6 Å². The molecule has 15 heteroatoms. The fourth-order valence-electron chi connectivity index (χ4n) is 6.83. The molecular formula is C39H51N7O8. The minimum atomic E-state index is -0.797. The van der Waals surface area contributed by atoms with Crippen molar-refractivity contribution in [1.82, 2.24) is 30.4 Å². The van der Waals surface area contributed by atoms with Crippen molar-refractivity contribution in [3.05, 3.63) is 66.1 Å². The second-order valence-electron chi connectivity index (χ2n) is 14.3. The smallest absolute Gasteiger partial charge is 0.407 e. The summed E-state index contributed by atoms with van der Waals surface area (Å²) in [5.74, 6) is 0.319. The summed E-state index contributed by atoms with van der Waals surface area (Å²) >= 11 is 0. The zero-order valence-electron chi connectivity index (χ0n) is 31.7. The Morgan fingerprint density at radius 3 is 1.96 bits per heavy atom. The number of H-pyrrole nitrogens is 1. The minimum absolute atomic E-state index is 0.116. The third kappa shape index (κ3) is 9.49. The van der Waals surface area contributed by atoms with Gasteiger partial charge in [-0.1, -0.05) is 39.8 Å². The number of nitrogens with one attached hydrogen (secondary N) is 4. The Hall–Kier alpha value is -5.60. The molecule has 3 heterocycles. The van der Waals surface area contributed by atoms with E-state index >= 15 is 0 Å². The number of carbonyl (C=O) groups excluding carboxylic acids is 5. The molecule has 15 nitrogen and oxygen atoms in total. The minimum Gasteiger partial charge on any atom is -0.489 e. The number of methoxy groups -OCH3 is 2. The van der Waals surface area contributed by atoms with E-state index in [1.165, 1.54) is 19.1 Å². The Bertz CT molecular complexity index is 1780. The van der Waals surface area contributed by atoms with Crippen LogP contribution in [0.4, 0.5) is 15.3 Å². The lowest BCUT2D eigenvalue weighted by atomic mass is 10.0. The number of imidazole rings is 1. The van der Waals surface area contributed by atoms with Crippen LogP contribution >= 0.6 is 0 Å². The maximum absolute atomic E-state index is 13.5. The van der Waals surface area contributed by atoms with Gasteiger partial charge in [0, 0.05) is 18.8 Å². The van der Waals surface area contributed by atoms with E-state index < -0.39 is 30.3 Å². The predicted molar refractivity (Wildman–Crippen MR) is 200 cm³/mol. The first kappa shape index (κ1) is 39.6. The lowest BCUT2D eigenvalue weighted by Crippen LogP contribution is -2.54. The van der Waals surface area contributed by atoms with Crippen molar-refractivity contribution in [1.29, 1.82) is 0 Å². The van der Waals surface area contributed by atoms with Gasteiger partial charge in [0.15, 0.2) is 0 Å². The van der Waals surface area contributed by atoms with Crippen LogP contribution in [0.5, 0.6) is 5.75 Å². The number of rotatable bonds is 13. The van der Waals surface area contributed by atoms with Gasteiger partial charge in [-0.05, 0) is 85.0 Å². The number of amides is 5. The number of benzene rings is 2. The highest BCUT2D eigenvalue weighted by Crippen LogP contribution is 2.33. The summed E-state index contributed by atoms with van der Waals surface area (Å²) in [7, 11) is 2.52. The number of likely N-dealkylation sites (tertiary alicyclic amines) is 2. The summed E-state index contributed by atoms with van der Waals surface area (Å²) in [5.41, 5.74) is 3.22. The maximum atomic E-state index is 13.5. The van der Waals surface area contributed by atoms with Crippen LogP contribution in [0.15, 0.2) is 54.7 Å². The van der Waals surface area contributed by atoms with Gasteiger partial charge in [-0.2, -0.15) is 0 Å². The second-order valence-corrected chi connectivity index (χ2v) is 14.3. The van der Waals surface area contributed by atoms with Crippen LogP contribution in [0.1, 0.15) is 70.8 Å². The molecule has 0 aliphatic carbocycles. The van der Waals surface area contributed by atoms with Gasteiger partial charge in [0.05, 0.1) is 32.2 Å². The van der Waals surface area contributed by atoms with E-state index in [2.05, 4.69) is 30.7 Å². The molecule has 0 saturated carbocycles. The van der Waals surface area contributed by atoms with E-state index in [-0.39, 0.29) is 35.6 Å². The summed E-state index contributed by atoms with van der Waals surface area (Å²) in [6, 6.07) is 12.6. The third-order valence-electron chi connectivity index (χ3n) is 9.86. The molecule has 5 amide bonds. The maximum Gasteiger partial charge on any atom is 0.407 e. The van der Waals surface area contributed by atoms with Crippen molar-refractivity contribution in [2.24, 2.45) is 11.8 Å². The molecule has 4 N–H and O–H groups in total. The van der Waals surface area contributed by atoms with Gasteiger partial charge in [0.25, 0.3) is 0 Å². The molecule has 290 valence electrons. The summed E-state index contributed by atoms with van der Waals surface area (Å²) in [5, 5.41) is 8.19. The fourth-order valence-corrected chi connectivity index (χ4v) is 6.83. The summed E-state index contributed by atoms with van der Waals surface area (Å²) in [6.45, 7) is 8.75. The largest absolute Gasteiger partial charge is 0.489 e. The highest BCUT2D eigenvalue weighted by atomic mass is 16.5. The average molecular weight is 746 g/mol. The molecule has 54 heavy (non-hydrogen) atoms. The molecule has 2 aromatic carbocycles. The monoisotopic (exact) mass is 745 g/mol. The molecule has 5 rings (SSSR count). The molecule has 0 spiro atoms. The summed E-state index contributed by atoms with van der Waals surface area (Å²) in [4.78, 5) is 75.1. The first-order valence-corrected chi connectivity index (χ1v) is 18.4. The van der Waals surface area contributed by atoms with E-state index in [0.29, 0.717) is 49.8 Å². The number of carbonyl (C=O) groups is 5. The standard InChI is InChI=1S/C39H51N7O8/c1-23(2)32(43-38(50)52-5)36(48)45-19-7-9-30(45)34-40-21-29(42-34)26-13-17-28(18-14-26)54-22-25-11-15-27(16-12-25)41-35(47)31-10-8-20-46(31)37(49)33(24(3)4)44-39(51)53-6/h11-18,21,23-24,30-33H,7-10,19-20,22H2,1-6H3,(H,40,42)(H,41,47)(H,43,50)(H,44,51)/t30-,31-,32-,33-/m0/s1. The molecule has 0 radical (unpaired) electrons. The molecule has 2 aliphatic heterocycles. The zero-order valence-corrected chi connectivity index (χ0v) is 31.7. The van der Waals surface area contributed by atoms with Crippen molar-refractivity contribution in [3.63, 3.8) is 0 Å². The van der Waals surface area contributed by atoms with Crippen molar-refractivity contribution in [2.75, 3.05) is 32.6 Å². The molecule has 1 aromatic heterocycles. The Morgan fingerprint density at radius 1 is 0.796 bits per heavy atom. The molecule has 2 fully saturated rings. The van der Waals surface area contributed by atoms with Crippen molar-refractivity contribution >= 4 is 35.6 Å². The summed E-state index contributed by atoms with van der Waals surface area (Å²) < 4.78 is 15.4. The highest BCUT2D eigenvalue weighted by Gasteiger charge is 2.39. The van der Waals surface area contributed by atoms with E-state index in [1.54, 1.807) is 23.2 Å². The second kappa shape index (κ2) is 18.0. The van der Waals surface area contributed by atoms with Gasteiger partial charge in [-0.15, -0.1) is 0 Å². The topological polar surface area (TPSA) is 184 Å². The summed E-state index contributed by atoms with van der Waals surface area (Å²) in [6.07, 6.45) is 3.24. The van der Waals surface area contributed by atoms with E-state index in [1.807, 2.05) is 64.1 Å². The number of hydrogen-bond acceptors (Lipinski definition) is 9. The molecule has 0 unspecified atom stereocenters. The van der Waals surface area contributed by atoms with Gasteiger partial charge in [0.1, 0.15) is 36.3 Å². The SMILES string of the molecule is COC(=O)N[C@H](C(=O)N1CCC[C@H]1C(=O)Nc1ccc(COc2ccc(-c3cnc([C@@H]4CCCN4C(=O)[C@@H](NC(=O)OC)C(C)C)[nH]3)cc2)cc1)C(C)C. The molecular weight excluding hydrogens is 694 g/mol. The first-order valence-electron chi connectivity index (χ1n) is 18.4. The van der Waals surface area contributed by atoms with Crippen LogP contribution in [-0.4, -0.2) is 95.1 Å². The van der Waals surface area contributed by atoms with Crippen LogP contribution in [0.2, 0.25) is 0 Å². The van der Waals surface area contributed by atoms with Gasteiger partial charge >= 0.3 is 12.2 Å². The first-order chi connectivity index (χ1) is 25.9. The molecule has 0 bridgehead atoms. The normalized spacial score (nSPS) is 17.9. The Balaban J connectivity index is 1.13. The van der Waals surface area contributed by atoms with Crippen LogP contribution in [-0.2, 0) is 30.5 Å². The fraction of sp³-hybridized carbons (Fsp3) is 0.487. The van der Waals surface area contributed by atoms with Gasteiger partial charge < -0.3 is 44.9 Å². The molecule has 2 aliphatic rings. The number of anilines is 1. The molecule has 2 saturated heterocycles. The van der Waals surface area contributed by atoms with Crippen molar-refractivity contribution < 1.29 is 38.2 Å². The lowest BCUT2D eigenvalue weighted by Gasteiger charge is -2.30. The van der Waals surface area contributed by atoms with Crippen molar-refractivity contribution in [3.8, 4) is 17.0 Å². The van der Waals surface area contributed by atoms with E-state index in [9.17, 15) is 24.0 Å². The Labute approximate surface area is 315 Å². The number of ether oxygens (including phenoxy) is 3. The van der Waals surface area contributed by atoms with Crippen LogP contribution in [0, 0.1) is 11.8 Å². The van der Waals surface area contributed by atoms with Crippen LogP contribution < -0.4 is 20.7 Å². The number of hydrogen-bond donors (Lipinski definition) is 4. The average Bonchev–Trinajstić information content (AvgIpc) is 3.96. The van der Waals surface area contributed by atoms with E-state index in [4.69, 9.17) is 9.47 Å². The number of aromatic amines is 1. The molecule has 4 atom stereocenters. The number of alkyl carbamates (subject to hydrolysis) is 2. The van der Waals surface area contributed by atoms with Gasteiger partial charge in [0.2, 0.25) is 17.7 Å². The molecule has 3 aromatic rings. The van der Waals surface area contributed by atoms with Crippen molar-refractivity contribution in [2.45, 2.75) is 84.2 Å². The quantitative estimate of drug-likeness (QED) is 0.187. The number of nitrogens with zero attached hydrogens (tertiary/aromatic N) is 3. The highest BCUT2D eigenvalue weighted by molar-refractivity contribution is 5.98. The van der Waals surface area contributed by atoms with Crippen LogP contribution in [0.25, 0.3) is 11.3 Å². The lowest BCUT2D eigenvalue weighted by molar-refractivity contribution is -0.139. The number of aromatic nitrogens is 2. The third-order valence-corrected chi connectivity index (χ3v) is 9.86. The predicted octanol–water partition coefficient (Wildman–Crippen LogP) is 5.01. The Morgan fingerprint density at radius 2 is 1.37 bits per heavy atom. The zero-order chi connectivity index (χ0) is 38.9. The van der Waals surface area contributed by atoms with Crippen LogP contribution in [0.3, 0.4) is 0 Å². The van der Waals surface area contributed by atoms with Gasteiger partial charge in [-0.3, -0.25) is 14.4 Å². The Kier molecular flexibility index (Phi) is 13.2. The van der Waals surface area contributed by atoms with E-state index in [0.717, 1.165) is 29.7 Å².